The topological polar surface area (TPSA) is 50.1 Å². The summed E-state index contributed by atoms with van der Waals surface area (Å²) in [5.41, 5.74) is 1.31. The number of nitrogens with zero attached hydrogens (tertiary/aromatic N) is 1. The normalized spacial score (nSPS) is 9.71. The van der Waals surface area contributed by atoms with Crippen LogP contribution in [0, 0.1) is 17.1 Å². The van der Waals surface area contributed by atoms with Crippen molar-refractivity contribution in [2.24, 2.45) is 0 Å². The van der Waals surface area contributed by atoms with E-state index in [0.29, 0.717) is 5.56 Å². The highest BCUT2D eigenvalue weighted by Gasteiger charge is 2.10. The van der Waals surface area contributed by atoms with Gasteiger partial charge in [0, 0.05) is 6.07 Å². The number of nitriles is 1. The maximum absolute atomic E-state index is 13.4. The number of esters is 1. The SMILES string of the molecule is C=CCc1ccc(C(=O)Oc2ccc(C#N)c(F)c2)cc1. The van der Waals surface area contributed by atoms with Crippen LogP contribution in [0.2, 0.25) is 0 Å². The lowest BCUT2D eigenvalue weighted by molar-refractivity contribution is 0.0734. The molecule has 2 aromatic rings. The molecule has 0 amide bonds. The molecule has 3 nitrogen and oxygen atoms in total. The second-order valence-electron chi connectivity index (χ2n) is 4.33. The zero-order valence-corrected chi connectivity index (χ0v) is 11.2. The van der Waals surface area contributed by atoms with Gasteiger partial charge >= 0.3 is 5.97 Å². The van der Waals surface area contributed by atoms with Crippen LogP contribution in [0.4, 0.5) is 4.39 Å². The van der Waals surface area contributed by atoms with Crippen LogP contribution < -0.4 is 4.74 Å². The highest BCUT2D eigenvalue weighted by molar-refractivity contribution is 5.91. The summed E-state index contributed by atoms with van der Waals surface area (Å²) in [4.78, 5) is 11.9. The molecule has 2 aromatic carbocycles. The molecule has 0 saturated carbocycles. The van der Waals surface area contributed by atoms with Gasteiger partial charge in [0.2, 0.25) is 0 Å². The molecule has 0 N–H and O–H groups in total. The molecule has 0 radical (unpaired) electrons. The van der Waals surface area contributed by atoms with Crippen LogP contribution in [0.15, 0.2) is 55.1 Å². The van der Waals surface area contributed by atoms with Crippen molar-refractivity contribution in [2.75, 3.05) is 0 Å². The number of rotatable bonds is 4. The van der Waals surface area contributed by atoms with E-state index in [4.69, 9.17) is 10.00 Å². The first-order valence-electron chi connectivity index (χ1n) is 6.25. The summed E-state index contributed by atoms with van der Waals surface area (Å²) >= 11 is 0. The lowest BCUT2D eigenvalue weighted by Crippen LogP contribution is -2.08. The van der Waals surface area contributed by atoms with Gasteiger partial charge < -0.3 is 4.74 Å². The number of hydrogen-bond acceptors (Lipinski definition) is 3. The maximum Gasteiger partial charge on any atom is 0.343 e. The van der Waals surface area contributed by atoms with Gasteiger partial charge in [-0.25, -0.2) is 9.18 Å². The van der Waals surface area contributed by atoms with Crippen LogP contribution in [0.3, 0.4) is 0 Å². The van der Waals surface area contributed by atoms with Gasteiger partial charge in [0.05, 0.1) is 11.1 Å². The molecule has 0 aliphatic carbocycles. The molecule has 0 aliphatic rings. The number of allylic oxidation sites excluding steroid dienone is 1. The predicted molar refractivity (Wildman–Crippen MR) is 76.4 cm³/mol. The van der Waals surface area contributed by atoms with Crippen LogP contribution in [-0.4, -0.2) is 5.97 Å². The standard InChI is InChI=1S/C17H12FNO2/c1-2-3-12-4-6-13(7-5-12)17(20)21-15-9-8-14(11-19)16(18)10-15/h2,4-10H,1,3H2. The molecular formula is C17H12FNO2. The minimum Gasteiger partial charge on any atom is -0.423 e. The van der Waals surface area contributed by atoms with Crippen molar-refractivity contribution < 1.29 is 13.9 Å². The predicted octanol–water partition coefficient (Wildman–Crippen LogP) is 3.65. The first-order valence-corrected chi connectivity index (χ1v) is 6.25. The van der Waals surface area contributed by atoms with Crippen molar-refractivity contribution in [1.82, 2.24) is 0 Å². The molecular weight excluding hydrogens is 269 g/mol. The lowest BCUT2D eigenvalue weighted by Gasteiger charge is -2.05. The van der Waals surface area contributed by atoms with Gasteiger partial charge in [0.15, 0.2) is 0 Å². The molecule has 104 valence electrons. The summed E-state index contributed by atoms with van der Waals surface area (Å²) in [6.07, 6.45) is 2.49. The second-order valence-corrected chi connectivity index (χ2v) is 4.33. The molecule has 4 heteroatoms. The highest BCUT2D eigenvalue weighted by Crippen LogP contribution is 2.17. The average molecular weight is 281 g/mol. The molecule has 2 rings (SSSR count). The van der Waals surface area contributed by atoms with Crippen molar-refractivity contribution in [2.45, 2.75) is 6.42 Å². The Morgan fingerprint density at radius 3 is 2.57 bits per heavy atom. The van der Waals surface area contributed by atoms with Gasteiger partial charge in [-0.05, 0) is 36.2 Å². The second kappa shape index (κ2) is 6.49. The number of carbonyl (C=O) groups excluding carboxylic acids is 1. The summed E-state index contributed by atoms with van der Waals surface area (Å²) in [7, 11) is 0. The van der Waals surface area contributed by atoms with E-state index in [9.17, 15) is 9.18 Å². The van der Waals surface area contributed by atoms with E-state index in [-0.39, 0.29) is 11.3 Å². The Bertz CT molecular complexity index is 715. The van der Waals surface area contributed by atoms with E-state index in [1.807, 2.05) is 0 Å². The Labute approximate surface area is 121 Å². The molecule has 0 heterocycles. The fraction of sp³-hybridized carbons (Fsp3) is 0.0588. The van der Waals surface area contributed by atoms with Gasteiger partial charge in [-0.3, -0.25) is 0 Å². The molecule has 0 saturated heterocycles. The third-order valence-corrected chi connectivity index (χ3v) is 2.84. The quantitative estimate of drug-likeness (QED) is 0.488. The van der Waals surface area contributed by atoms with E-state index in [0.717, 1.165) is 18.1 Å². The fourth-order valence-corrected chi connectivity index (χ4v) is 1.76. The maximum atomic E-state index is 13.4. The minimum atomic E-state index is -0.718. The summed E-state index contributed by atoms with van der Waals surface area (Å²) in [6, 6.07) is 12.3. The first-order chi connectivity index (χ1) is 10.1. The number of ether oxygens (including phenoxy) is 1. The molecule has 21 heavy (non-hydrogen) atoms. The summed E-state index contributed by atoms with van der Waals surface area (Å²) < 4.78 is 18.5. The van der Waals surface area contributed by atoms with Crippen LogP contribution in [0.25, 0.3) is 0 Å². The molecule has 0 atom stereocenters. The number of halogens is 1. The van der Waals surface area contributed by atoms with Crippen molar-refractivity contribution in [3.05, 3.63) is 77.6 Å². The molecule has 0 aliphatic heterocycles. The Kier molecular flexibility index (Phi) is 4.47. The zero-order valence-electron chi connectivity index (χ0n) is 11.2. The van der Waals surface area contributed by atoms with Gasteiger partial charge in [-0.15, -0.1) is 6.58 Å². The van der Waals surface area contributed by atoms with Crippen molar-refractivity contribution in [3.8, 4) is 11.8 Å². The Morgan fingerprint density at radius 1 is 1.29 bits per heavy atom. The number of hydrogen-bond donors (Lipinski definition) is 0. The molecule has 0 unspecified atom stereocenters. The highest BCUT2D eigenvalue weighted by atomic mass is 19.1. The summed E-state index contributed by atoms with van der Waals surface area (Å²) in [5.74, 6) is -1.24. The molecule has 0 bridgehead atoms. The largest absolute Gasteiger partial charge is 0.423 e. The Hall–Kier alpha value is -2.93. The average Bonchev–Trinajstić information content (AvgIpc) is 2.48. The van der Waals surface area contributed by atoms with Crippen LogP contribution >= 0.6 is 0 Å². The van der Waals surface area contributed by atoms with E-state index in [2.05, 4.69) is 6.58 Å². The van der Waals surface area contributed by atoms with Gasteiger partial charge in [-0.1, -0.05) is 18.2 Å². The lowest BCUT2D eigenvalue weighted by atomic mass is 10.1. The van der Waals surface area contributed by atoms with Gasteiger partial charge in [0.25, 0.3) is 0 Å². The minimum absolute atomic E-state index is 0.0617. The van der Waals surface area contributed by atoms with Crippen LogP contribution in [0.1, 0.15) is 21.5 Å². The third-order valence-electron chi connectivity index (χ3n) is 2.84. The number of benzene rings is 2. The third kappa shape index (κ3) is 3.54. The summed E-state index contributed by atoms with van der Waals surface area (Å²) in [5, 5.41) is 8.63. The Balaban J connectivity index is 2.12. The molecule has 0 spiro atoms. The van der Waals surface area contributed by atoms with E-state index < -0.39 is 11.8 Å². The zero-order chi connectivity index (χ0) is 15.2. The monoisotopic (exact) mass is 281 g/mol. The van der Waals surface area contributed by atoms with Crippen molar-refractivity contribution in [3.63, 3.8) is 0 Å². The van der Waals surface area contributed by atoms with E-state index >= 15 is 0 Å². The van der Waals surface area contributed by atoms with Gasteiger partial charge in [0.1, 0.15) is 17.6 Å². The smallest absolute Gasteiger partial charge is 0.343 e. The van der Waals surface area contributed by atoms with Gasteiger partial charge in [-0.2, -0.15) is 5.26 Å². The van der Waals surface area contributed by atoms with Crippen LogP contribution in [-0.2, 0) is 6.42 Å². The summed E-state index contributed by atoms with van der Waals surface area (Å²) in [6.45, 7) is 3.64. The van der Waals surface area contributed by atoms with E-state index in [1.54, 1.807) is 36.4 Å². The van der Waals surface area contributed by atoms with Crippen LogP contribution in [0.5, 0.6) is 5.75 Å². The Morgan fingerprint density at radius 2 is 2.00 bits per heavy atom. The first kappa shape index (κ1) is 14.5. The molecule has 0 aromatic heterocycles. The van der Waals surface area contributed by atoms with Crippen molar-refractivity contribution in [1.29, 1.82) is 5.26 Å². The molecule has 0 fully saturated rings. The van der Waals surface area contributed by atoms with E-state index in [1.165, 1.54) is 12.1 Å². The fourth-order valence-electron chi connectivity index (χ4n) is 1.76. The van der Waals surface area contributed by atoms with Crippen molar-refractivity contribution >= 4 is 5.97 Å². The number of carbonyl (C=O) groups is 1.